The second kappa shape index (κ2) is 5.94. The maximum absolute atomic E-state index is 12.1. The monoisotopic (exact) mass is 276 g/mol. The summed E-state index contributed by atoms with van der Waals surface area (Å²) in [7, 11) is 0. The van der Waals surface area contributed by atoms with E-state index in [0.717, 1.165) is 5.56 Å². The van der Waals surface area contributed by atoms with Crippen LogP contribution < -0.4 is 15.4 Å². The van der Waals surface area contributed by atoms with Crippen molar-refractivity contribution in [1.29, 1.82) is 0 Å². The minimum atomic E-state index is -0.471. The van der Waals surface area contributed by atoms with Gasteiger partial charge in [0.1, 0.15) is 12.4 Å². The Kier molecular flexibility index (Phi) is 4.27. The lowest BCUT2D eigenvalue weighted by molar-refractivity contribution is -0.128. The van der Waals surface area contributed by atoms with Gasteiger partial charge in [-0.1, -0.05) is 6.07 Å². The van der Waals surface area contributed by atoms with Gasteiger partial charge in [-0.3, -0.25) is 9.59 Å². The Balaban J connectivity index is 2.06. The van der Waals surface area contributed by atoms with Crippen LogP contribution in [0, 0.1) is 12.8 Å². The minimum Gasteiger partial charge on any atom is -0.491 e. The zero-order chi connectivity index (χ0) is 14.7. The average molecular weight is 276 g/mol. The number of hydrogen-bond acceptors (Lipinski definition) is 3. The fraction of sp³-hybridized carbons (Fsp3) is 0.467. The van der Waals surface area contributed by atoms with Crippen LogP contribution in [-0.2, 0) is 9.59 Å². The first kappa shape index (κ1) is 14.4. The fourth-order valence-corrected chi connectivity index (χ4v) is 2.12. The molecule has 20 heavy (non-hydrogen) atoms. The molecule has 2 rings (SSSR count). The van der Waals surface area contributed by atoms with Crippen molar-refractivity contribution in [2.75, 3.05) is 11.9 Å². The smallest absolute Gasteiger partial charge is 0.231 e. The van der Waals surface area contributed by atoms with E-state index < -0.39 is 5.92 Å². The molecule has 1 aliphatic rings. The van der Waals surface area contributed by atoms with Gasteiger partial charge in [-0.25, -0.2) is 0 Å². The second-order valence-corrected chi connectivity index (χ2v) is 5.42. The molecule has 2 N–H and O–H groups in total. The minimum absolute atomic E-state index is 0.0668. The molecule has 1 atom stereocenters. The summed E-state index contributed by atoms with van der Waals surface area (Å²) in [5, 5.41) is 5.61. The third-order valence-corrected chi connectivity index (χ3v) is 3.09. The first-order valence-corrected chi connectivity index (χ1v) is 6.79. The third kappa shape index (κ3) is 3.50. The number of fused-ring (bicyclic) bond motifs is 1. The van der Waals surface area contributed by atoms with Crippen molar-refractivity contribution in [2.24, 2.45) is 5.92 Å². The van der Waals surface area contributed by atoms with Crippen LogP contribution in [0.15, 0.2) is 18.2 Å². The van der Waals surface area contributed by atoms with Crippen LogP contribution in [-0.4, -0.2) is 24.5 Å². The van der Waals surface area contributed by atoms with Crippen molar-refractivity contribution in [3.05, 3.63) is 23.8 Å². The third-order valence-electron chi connectivity index (χ3n) is 3.09. The van der Waals surface area contributed by atoms with Crippen molar-refractivity contribution < 1.29 is 14.3 Å². The molecule has 5 heteroatoms. The van der Waals surface area contributed by atoms with Gasteiger partial charge in [-0.05, 0) is 38.5 Å². The largest absolute Gasteiger partial charge is 0.491 e. The van der Waals surface area contributed by atoms with Crippen molar-refractivity contribution in [2.45, 2.75) is 33.2 Å². The Hall–Kier alpha value is -2.04. The molecule has 0 saturated carbocycles. The molecule has 5 nitrogen and oxygen atoms in total. The Morgan fingerprint density at radius 1 is 1.50 bits per heavy atom. The van der Waals surface area contributed by atoms with E-state index >= 15 is 0 Å². The molecule has 0 aromatic heterocycles. The number of rotatable bonds is 3. The van der Waals surface area contributed by atoms with Gasteiger partial charge in [-0.2, -0.15) is 0 Å². The number of nitrogens with one attached hydrogen (secondary N) is 2. The quantitative estimate of drug-likeness (QED) is 0.885. The molecular weight excluding hydrogens is 256 g/mol. The van der Waals surface area contributed by atoms with Crippen LogP contribution in [0.2, 0.25) is 0 Å². The summed E-state index contributed by atoms with van der Waals surface area (Å²) in [4.78, 5) is 23.9. The van der Waals surface area contributed by atoms with Crippen molar-refractivity contribution in [3.8, 4) is 5.75 Å². The van der Waals surface area contributed by atoms with Gasteiger partial charge in [0.25, 0.3) is 0 Å². The highest BCUT2D eigenvalue weighted by atomic mass is 16.5. The summed E-state index contributed by atoms with van der Waals surface area (Å²) in [6.45, 7) is 5.94. The molecule has 1 aliphatic heterocycles. The molecule has 0 bridgehead atoms. The summed E-state index contributed by atoms with van der Waals surface area (Å²) in [5.74, 6) is -0.128. The first-order valence-electron chi connectivity index (χ1n) is 6.79. The number of carbonyl (C=O) groups is 2. The Morgan fingerprint density at radius 3 is 2.95 bits per heavy atom. The van der Waals surface area contributed by atoms with Gasteiger partial charge >= 0.3 is 0 Å². The average Bonchev–Trinajstić information content (AvgIpc) is 2.48. The number of carbonyl (C=O) groups excluding carboxylic acids is 2. The topological polar surface area (TPSA) is 67.4 Å². The number of benzene rings is 1. The van der Waals surface area contributed by atoms with E-state index in [1.165, 1.54) is 0 Å². The number of anilines is 1. The number of ether oxygens (including phenoxy) is 1. The van der Waals surface area contributed by atoms with Crippen LogP contribution in [0.1, 0.15) is 25.8 Å². The van der Waals surface area contributed by atoms with E-state index in [4.69, 9.17) is 4.74 Å². The molecule has 1 unspecified atom stereocenters. The standard InChI is InChI=1S/C15H20N2O3/c1-9(2)16-14(18)7-11-8-20-13-5-4-10(3)6-12(13)17-15(11)19/h4-6,9,11H,7-8H2,1-3H3,(H,16,18)(H,17,19). The molecule has 1 aromatic carbocycles. The normalized spacial score (nSPS) is 17.8. The summed E-state index contributed by atoms with van der Waals surface area (Å²) in [6, 6.07) is 5.69. The van der Waals surface area contributed by atoms with Gasteiger partial charge in [0, 0.05) is 12.5 Å². The van der Waals surface area contributed by atoms with E-state index in [0.29, 0.717) is 11.4 Å². The Morgan fingerprint density at radius 2 is 2.25 bits per heavy atom. The Bertz CT molecular complexity index is 526. The molecule has 1 heterocycles. The SMILES string of the molecule is Cc1ccc2c(c1)NC(=O)C(CC(=O)NC(C)C)CO2. The van der Waals surface area contributed by atoms with E-state index in [2.05, 4.69) is 10.6 Å². The zero-order valence-corrected chi connectivity index (χ0v) is 12.0. The van der Waals surface area contributed by atoms with Gasteiger partial charge in [0.2, 0.25) is 11.8 Å². The van der Waals surface area contributed by atoms with Crippen molar-refractivity contribution in [1.82, 2.24) is 5.32 Å². The van der Waals surface area contributed by atoms with E-state index in [1.807, 2.05) is 39.0 Å². The second-order valence-electron chi connectivity index (χ2n) is 5.42. The van der Waals surface area contributed by atoms with Crippen LogP contribution in [0.4, 0.5) is 5.69 Å². The van der Waals surface area contributed by atoms with Crippen LogP contribution in [0.5, 0.6) is 5.75 Å². The fourth-order valence-electron chi connectivity index (χ4n) is 2.12. The van der Waals surface area contributed by atoms with Crippen LogP contribution in [0.3, 0.4) is 0 Å². The van der Waals surface area contributed by atoms with Crippen molar-refractivity contribution >= 4 is 17.5 Å². The maximum atomic E-state index is 12.1. The highest BCUT2D eigenvalue weighted by Crippen LogP contribution is 2.29. The molecule has 0 saturated heterocycles. The van der Waals surface area contributed by atoms with Gasteiger partial charge in [-0.15, -0.1) is 0 Å². The first-order chi connectivity index (χ1) is 9.45. The van der Waals surface area contributed by atoms with E-state index in [-0.39, 0.29) is 30.9 Å². The van der Waals surface area contributed by atoms with Crippen LogP contribution in [0.25, 0.3) is 0 Å². The van der Waals surface area contributed by atoms with E-state index in [9.17, 15) is 9.59 Å². The van der Waals surface area contributed by atoms with Gasteiger partial charge in [0.15, 0.2) is 0 Å². The predicted octanol–water partition coefficient (Wildman–Crippen LogP) is 1.86. The molecule has 1 aromatic rings. The lowest BCUT2D eigenvalue weighted by Gasteiger charge is -2.14. The molecule has 0 spiro atoms. The number of aryl methyl sites for hydroxylation is 1. The Labute approximate surface area is 118 Å². The number of hydrogen-bond donors (Lipinski definition) is 2. The predicted molar refractivity (Wildman–Crippen MR) is 76.7 cm³/mol. The van der Waals surface area contributed by atoms with Crippen LogP contribution >= 0.6 is 0 Å². The lowest BCUT2D eigenvalue weighted by atomic mass is 10.1. The van der Waals surface area contributed by atoms with E-state index in [1.54, 1.807) is 0 Å². The maximum Gasteiger partial charge on any atom is 0.231 e. The van der Waals surface area contributed by atoms with Gasteiger partial charge < -0.3 is 15.4 Å². The van der Waals surface area contributed by atoms with Crippen molar-refractivity contribution in [3.63, 3.8) is 0 Å². The summed E-state index contributed by atoms with van der Waals surface area (Å²) < 4.78 is 5.63. The molecule has 2 amide bonds. The molecular formula is C15H20N2O3. The lowest BCUT2D eigenvalue weighted by Crippen LogP contribution is -2.35. The molecule has 0 aliphatic carbocycles. The summed E-state index contributed by atoms with van der Waals surface area (Å²) in [5.41, 5.74) is 1.71. The number of amides is 2. The highest BCUT2D eigenvalue weighted by Gasteiger charge is 2.27. The molecule has 108 valence electrons. The summed E-state index contributed by atoms with van der Waals surface area (Å²) >= 11 is 0. The summed E-state index contributed by atoms with van der Waals surface area (Å²) in [6.07, 6.45) is 0.136. The molecule has 0 radical (unpaired) electrons. The van der Waals surface area contributed by atoms with Gasteiger partial charge in [0.05, 0.1) is 11.6 Å². The molecule has 0 fully saturated rings. The zero-order valence-electron chi connectivity index (χ0n) is 12.0. The highest BCUT2D eigenvalue weighted by molar-refractivity contribution is 5.97.